The normalized spacial score (nSPS) is 19.6. The van der Waals surface area contributed by atoms with Gasteiger partial charge in [0, 0.05) is 62.5 Å². The van der Waals surface area contributed by atoms with Gasteiger partial charge in [-0.2, -0.15) is 0 Å². The lowest BCUT2D eigenvalue weighted by Crippen LogP contribution is -2.59. The molecule has 1 aliphatic rings. The van der Waals surface area contributed by atoms with Crippen molar-refractivity contribution in [2.45, 2.75) is 44.9 Å². The maximum Gasteiger partial charge on any atom is 0.168 e. The lowest BCUT2D eigenvalue weighted by Gasteiger charge is -2.45. The van der Waals surface area contributed by atoms with E-state index in [1.165, 1.54) is 5.56 Å². The van der Waals surface area contributed by atoms with Crippen molar-refractivity contribution in [3.63, 3.8) is 0 Å². The fourth-order valence-electron chi connectivity index (χ4n) is 4.58. The number of aryl methyl sites for hydroxylation is 1. The molecule has 0 amide bonds. The molecule has 0 bridgehead atoms. The number of alkyl halides is 1. The summed E-state index contributed by atoms with van der Waals surface area (Å²) in [7, 11) is 1.65. The van der Waals surface area contributed by atoms with Gasteiger partial charge in [0.05, 0.1) is 6.61 Å². The van der Waals surface area contributed by atoms with Gasteiger partial charge < -0.3 is 14.8 Å². The van der Waals surface area contributed by atoms with Gasteiger partial charge in [-0.05, 0) is 43.0 Å². The summed E-state index contributed by atoms with van der Waals surface area (Å²) in [4.78, 5) is 8.24. The number of piperazine rings is 1. The van der Waals surface area contributed by atoms with Crippen LogP contribution in [0.4, 0.5) is 10.1 Å². The Labute approximate surface area is 214 Å². The van der Waals surface area contributed by atoms with Gasteiger partial charge in [-0.15, -0.1) is 0 Å². The van der Waals surface area contributed by atoms with E-state index in [2.05, 4.69) is 40.3 Å². The Hall–Kier alpha value is -3.00. The van der Waals surface area contributed by atoms with E-state index < -0.39 is 6.30 Å². The first-order valence-corrected chi connectivity index (χ1v) is 12.7. The lowest BCUT2D eigenvalue weighted by molar-refractivity contribution is -0.147. The molecule has 3 unspecified atom stereocenters. The van der Waals surface area contributed by atoms with E-state index in [1.807, 2.05) is 59.6 Å². The Morgan fingerprint density at radius 2 is 2.03 bits per heavy atom. The molecule has 0 saturated carbocycles. The number of methoxy groups -OCH3 is 1. The zero-order valence-corrected chi connectivity index (χ0v) is 21.1. The number of aromatic nitrogens is 1. The number of hydrogen-bond acceptors (Lipinski definition) is 6. The zero-order chi connectivity index (χ0) is 25.2. The van der Waals surface area contributed by atoms with Crippen molar-refractivity contribution < 1.29 is 13.9 Å². The predicted molar refractivity (Wildman–Crippen MR) is 140 cm³/mol. The number of nitrogens with zero attached hydrogens (tertiary/aromatic N) is 3. The van der Waals surface area contributed by atoms with E-state index in [-0.39, 0.29) is 18.9 Å². The number of pyridine rings is 1. The summed E-state index contributed by atoms with van der Waals surface area (Å²) in [6.07, 6.45) is 4.51. The van der Waals surface area contributed by atoms with Crippen molar-refractivity contribution in [3.8, 4) is 5.75 Å². The van der Waals surface area contributed by atoms with Crippen molar-refractivity contribution in [2.75, 3.05) is 38.7 Å². The standard InChI is InChI=1S/C29H36FN4O2/c1-3-18-36-26-15-7-14-25(19-26)32-29(24-13-8-16-31-20-24)33-21-27(30)34(28(22-33)35-2)17-9-12-23-10-5-4-6-11-23/h4-8,10-11,13-14,16,19-20,27-29,32H,3,9,12,17-18,21-22H2,1-2H3. The highest BCUT2D eigenvalue weighted by atomic mass is 19.1. The average Bonchev–Trinajstić information content (AvgIpc) is 2.92. The highest BCUT2D eigenvalue weighted by Crippen LogP contribution is 2.30. The number of nitrogens with one attached hydrogen (secondary N) is 1. The molecule has 1 aliphatic heterocycles. The number of ether oxygens (including phenoxy) is 2. The Balaban J connectivity index is 1.47. The minimum atomic E-state index is -1.15. The Kier molecular flexibility index (Phi) is 9.67. The van der Waals surface area contributed by atoms with E-state index in [0.29, 0.717) is 25.4 Å². The molecule has 1 radical (unpaired) electrons. The molecule has 3 aromatic rings. The summed E-state index contributed by atoms with van der Waals surface area (Å²) in [6, 6.07) is 23.1. The first-order valence-electron chi connectivity index (χ1n) is 12.7. The fraction of sp³-hybridized carbons (Fsp3) is 0.414. The van der Waals surface area contributed by atoms with Crippen molar-refractivity contribution in [1.82, 2.24) is 14.8 Å². The summed E-state index contributed by atoms with van der Waals surface area (Å²) in [5.41, 5.74) is 3.10. The number of anilines is 1. The quantitative estimate of drug-likeness (QED) is 0.347. The van der Waals surface area contributed by atoms with Crippen LogP contribution in [0.15, 0.2) is 73.1 Å². The molecule has 2 heterocycles. The van der Waals surface area contributed by atoms with Gasteiger partial charge in [0.2, 0.25) is 0 Å². The van der Waals surface area contributed by atoms with Crippen LogP contribution in [-0.2, 0) is 11.2 Å². The number of hydrogen-bond donors (Lipinski definition) is 1. The average molecular weight is 492 g/mol. The van der Waals surface area contributed by atoms with Crippen LogP contribution in [0.1, 0.15) is 37.1 Å². The molecule has 1 fully saturated rings. The third-order valence-corrected chi connectivity index (χ3v) is 6.41. The minimum absolute atomic E-state index is 0.260. The van der Waals surface area contributed by atoms with E-state index in [1.54, 1.807) is 13.3 Å². The van der Waals surface area contributed by atoms with E-state index in [4.69, 9.17) is 9.47 Å². The minimum Gasteiger partial charge on any atom is -0.493 e. The lowest BCUT2D eigenvalue weighted by atomic mass is 10.1. The second-order valence-corrected chi connectivity index (χ2v) is 9.03. The van der Waals surface area contributed by atoms with Gasteiger partial charge in [0.25, 0.3) is 0 Å². The summed E-state index contributed by atoms with van der Waals surface area (Å²) >= 11 is 0. The second-order valence-electron chi connectivity index (χ2n) is 9.03. The van der Waals surface area contributed by atoms with Gasteiger partial charge in [0.1, 0.15) is 18.1 Å². The summed E-state index contributed by atoms with van der Waals surface area (Å²) < 4.78 is 27.2. The maximum absolute atomic E-state index is 15.6. The molecule has 0 spiro atoms. The Morgan fingerprint density at radius 3 is 2.78 bits per heavy atom. The highest BCUT2D eigenvalue weighted by molar-refractivity contribution is 5.49. The third-order valence-electron chi connectivity index (χ3n) is 6.41. The van der Waals surface area contributed by atoms with Gasteiger partial charge in [-0.1, -0.05) is 43.3 Å². The topological polar surface area (TPSA) is 49.9 Å². The first kappa shape index (κ1) is 26.1. The van der Waals surface area contributed by atoms with E-state index in [9.17, 15) is 0 Å². The molecule has 0 aliphatic carbocycles. The number of halogens is 1. The fourth-order valence-corrected chi connectivity index (χ4v) is 4.58. The smallest absolute Gasteiger partial charge is 0.168 e. The van der Waals surface area contributed by atoms with Gasteiger partial charge >= 0.3 is 0 Å². The van der Waals surface area contributed by atoms with Gasteiger partial charge in [-0.3, -0.25) is 9.88 Å². The first-order chi connectivity index (χ1) is 17.7. The largest absolute Gasteiger partial charge is 0.493 e. The van der Waals surface area contributed by atoms with E-state index >= 15 is 4.39 Å². The highest BCUT2D eigenvalue weighted by Gasteiger charge is 2.37. The van der Waals surface area contributed by atoms with E-state index in [0.717, 1.165) is 30.5 Å². The molecule has 191 valence electrons. The zero-order valence-electron chi connectivity index (χ0n) is 21.1. The van der Waals surface area contributed by atoms with Crippen molar-refractivity contribution in [1.29, 1.82) is 0 Å². The van der Waals surface area contributed by atoms with Crippen molar-refractivity contribution in [2.24, 2.45) is 0 Å². The summed E-state index contributed by atoms with van der Waals surface area (Å²) in [5.74, 6) is 0.688. The van der Waals surface area contributed by atoms with Crippen LogP contribution in [0.5, 0.6) is 5.75 Å². The third kappa shape index (κ3) is 7.03. The van der Waals surface area contributed by atoms with Crippen molar-refractivity contribution in [3.05, 3.63) is 90.3 Å². The molecule has 3 atom stereocenters. The molecule has 1 aromatic heterocycles. The Bertz CT molecular complexity index is 1040. The summed E-state index contributed by atoms with van der Waals surface area (Å²) in [6.45, 7) is 4.17. The second kappa shape index (κ2) is 13.3. The van der Waals surface area contributed by atoms with Gasteiger partial charge in [-0.25, -0.2) is 9.29 Å². The van der Waals surface area contributed by atoms with Crippen LogP contribution in [0, 0.1) is 6.07 Å². The molecule has 4 rings (SSSR count). The number of benzene rings is 2. The predicted octanol–water partition coefficient (Wildman–Crippen LogP) is 5.30. The van der Waals surface area contributed by atoms with Crippen LogP contribution in [0.3, 0.4) is 0 Å². The SMILES string of the molecule is CCCOc1[c]ccc(NC(c2cccnc2)N2CC(F)N(CCCc3ccccc3)C(OC)C2)c1. The molecule has 1 N–H and O–H groups in total. The molecule has 36 heavy (non-hydrogen) atoms. The van der Waals surface area contributed by atoms with Crippen LogP contribution < -0.4 is 10.1 Å². The molecular formula is C29H36FN4O2. The van der Waals surface area contributed by atoms with Gasteiger partial charge in [0.15, 0.2) is 6.30 Å². The van der Waals surface area contributed by atoms with Crippen LogP contribution in [0.25, 0.3) is 0 Å². The monoisotopic (exact) mass is 491 g/mol. The van der Waals surface area contributed by atoms with Crippen LogP contribution >= 0.6 is 0 Å². The van der Waals surface area contributed by atoms with Crippen molar-refractivity contribution >= 4 is 5.69 Å². The molecule has 7 heteroatoms. The Morgan fingerprint density at radius 1 is 1.17 bits per heavy atom. The van der Waals surface area contributed by atoms with Crippen LogP contribution in [-0.4, -0.2) is 60.7 Å². The van der Waals surface area contributed by atoms with Crippen LogP contribution in [0.2, 0.25) is 0 Å². The molecular weight excluding hydrogens is 455 g/mol. The maximum atomic E-state index is 15.6. The molecule has 1 saturated heterocycles. The molecule has 2 aromatic carbocycles. The molecule has 6 nitrogen and oxygen atoms in total. The number of rotatable bonds is 12. The summed E-state index contributed by atoms with van der Waals surface area (Å²) in [5, 5.41) is 3.57.